The van der Waals surface area contributed by atoms with E-state index in [9.17, 15) is 0 Å². The highest BCUT2D eigenvalue weighted by molar-refractivity contribution is 7.09. The molecule has 1 aliphatic carbocycles. The van der Waals surface area contributed by atoms with E-state index in [1.54, 1.807) is 11.3 Å². The van der Waals surface area contributed by atoms with Crippen LogP contribution in [0.5, 0.6) is 0 Å². The predicted octanol–water partition coefficient (Wildman–Crippen LogP) is 2.07. The molecular weight excluding hydrogens is 242 g/mol. The third kappa shape index (κ3) is 2.92. The second-order valence-corrected chi connectivity index (χ2v) is 6.87. The molecule has 0 bridgehead atoms. The van der Waals surface area contributed by atoms with E-state index in [1.807, 2.05) is 0 Å². The third-order valence-corrected chi connectivity index (χ3v) is 5.07. The van der Waals surface area contributed by atoms with Crippen molar-refractivity contribution in [2.45, 2.75) is 45.2 Å². The van der Waals surface area contributed by atoms with Crippen LogP contribution in [0.3, 0.4) is 0 Å². The number of aromatic nitrogens is 1. The van der Waals surface area contributed by atoms with Gasteiger partial charge in [-0.05, 0) is 32.6 Å². The molecule has 18 heavy (non-hydrogen) atoms. The summed E-state index contributed by atoms with van der Waals surface area (Å²) < 4.78 is 0. The Bertz CT molecular complexity index is 399. The minimum atomic E-state index is 0.666. The smallest absolute Gasteiger partial charge is 0.0897 e. The van der Waals surface area contributed by atoms with Gasteiger partial charge in [-0.2, -0.15) is 0 Å². The summed E-state index contributed by atoms with van der Waals surface area (Å²) in [6, 6.07) is 1.41. The average Bonchev–Trinajstić information content (AvgIpc) is 3.12. The van der Waals surface area contributed by atoms with E-state index in [0.29, 0.717) is 6.04 Å². The Balaban J connectivity index is 1.53. The van der Waals surface area contributed by atoms with E-state index in [-0.39, 0.29) is 0 Å². The second kappa shape index (κ2) is 5.27. The zero-order valence-electron chi connectivity index (χ0n) is 11.4. The summed E-state index contributed by atoms with van der Waals surface area (Å²) >= 11 is 1.77. The molecule has 2 heterocycles. The number of piperazine rings is 1. The first-order valence-corrected chi connectivity index (χ1v) is 7.99. The van der Waals surface area contributed by atoms with Crippen LogP contribution in [-0.2, 0) is 6.42 Å². The molecule has 2 unspecified atom stereocenters. The summed E-state index contributed by atoms with van der Waals surface area (Å²) in [4.78, 5) is 7.21. The summed E-state index contributed by atoms with van der Waals surface area (Å²) in [7, 11) is 0. The minimum Gasteiger partial charge on any atom is -0.311 e. The van der Waals surface area contributed by atoms with Crippen molar-refractivity contribution in [3.8, 4) is 0 Å². The number of rotatable bonds is 4. The summed E-state index contributed by atoms with van der Waals surface area (Å²) in [5, 5.41) is 7.11. The van der Waals surface area contributed by atoms with Gasteiger partial charge in [0, 0.05) is 43.5 Å². The van der Waals surface area contributed by atoms with Crippen LogP contribution in [0.2, 0.25) is 0 Å². The number of hydrogen-bond acceptors (Lipinski definition) is 4. The summed E-state index contributed by atoms with van der Waals surface area (Å²) in [6.45, 7) is 7.97. The fourth-order valence-electron chi connectivity index (χ4n) is 2.86. The Hall–Kier alpha value is -0.450. The summed E-state index contributed by atoms with van der Waals surface area (Å²) in [5.41, 5.74) is 1.27. The average molecular weight is 265 g/mol. The maximum Gasteiger partial charge on any atom is 0.0897 e. The van der Waals surface area contributed by atoms with Crippen LogP contribution in [0.1, 0.15) is 30.5 Å². The maximum atomic E-state index is 4.56. The summed E-state index contributed by atoms with van der Waals surface area (Å²) in [6.07, 6.45) is 3.97. The lowest BCUT2D eigenvalue weighted by Crippen LogP contribution is -2.56. The Kier molecular flexibility index (Phi) is 3.68. The molecule has 1 N–H and O–H groups in total. The van der Waals surface area contributed by atoms with Crippen molar-refractivity contribution < 1.29 is 0 Å². The maximum absolute atomic E-state index is 4.56. The van der Waals surface area contributed by atoms with Gasteiger partial charge in [0.25, 0.3) is 0 Å². The van der Waals surface area contributed by atoms with Crippen LogP contribution in [-0.4, -0.2) is 41.6 Å². The van der Waals surface area contributed by atoms with Crippen molar-refractivity contribution in [1.82, 2.24) is 15.2 Å². The van der Waals surface area contributed by atoms with Crippen LogP contribution in [0, 0.1) is 12.8 Å². The Labute approximate surface area is 114 Å². The Morgan fingerprint density at radius 2 is 2.33 bits per heavy atom. The molecule has 2 aliphatic rings. The van der Waals surface area contributed by atoms with Crippen molar-refractivity contribution in [2.75, 3.05) is 19.6 Å². The van der Waals surface area contributed by atoms with Crippen molar-refractivity contribution >= 4 is 11.3 Å². The molecule has 2 fully saturated rings. The molecular formula is C14H23N3S. The van der Waals surface area contributed by atoms with Crippen molar-refractivity contribution in [3.63, 3.8) is 0 Å². The highest BCUT2D eigenvalue weighted by Gasteiger charge is 2.35. The second-order valence-electron chi connectivity index (χ2n) is 5.80. The Morgan fingerprint density at radius 1 is 1.50 bits per heavy atom. The molecule has 0 radical (unpaired) electrons. The fraction of sp³-hybridized carbons (Fsp3) is 0.786. The number of aryl methyl sites for hydroxylation is 1. The van der Waals surface area contributed by atoms with Gasteiger partial charge in [0.2, 0.25) is 0 Å². The largest absolute Gasteiger partial charge is 0.311 e. The van der Waals surface area contributed by atoms with Crippen LogP contribution >= 0.6 is 11.3 Å². The lowest BCUT2D eigenvalue weighted by molar-refractivity contribution is 0.134. The van der Waals surface area contributed by atoms with Gasteiger partial charge < -0.3 is 5.32 Å². The molecule has 1 aromatic heterocycles. The first kappa shape index (κ1) is 12.6. The third-order valence-electron chi connectivity index (χ3n) is 4.24. The molecule has 100 valence electrons. The molecule has 1 saturated heterocycles. The van der Waals surface area contributed by atoms with E-state index in [1.165, 1.54) is 30.1 Å². The van der Waals surface area contributed by atoms with Gasteiger partial charge in [-0.1, -0.05) is 0 Å². The first-order valence-electron chi connectivity index (χ1n) is 7.11. The molecule has 0 spiro atoms. The Morgan fingerprint density at radius 3 is 3.00 bits per heavy atom. The molecule has 4 heteroatoms. The van der Waals surface area contributed by atoms with Gasteiger partial charge in [0.15, 0.2) is 0 Å². The van der Waals surface area contributed by atoms with Gasteiger partial charge in [-0.3, -0.25) is 4.90 Å². The molecule has 2 atom stereocenters. The van der Waals surface area contributed by atoms with Crippen LogP contribution < -0.4 is 5.32 Å². The molecule has 1 saturated carbocycles. The zero-order chi connectivity index (χ0) is 12.5. The topological polar surface area (TPSA) is 28.2 Å². The van der Waals surface area contributed by atoms with Gasteiger partial charge in [0.1, 0.15) is 0 Å². The fourth-order valence-corrected chi connectivity index (χ4v) is 3.50. The molecule has 0 aromatic carbocycles. The van der Waals surface area contributed by atoms with E-state index < -0.39 is 0 Å². The highest BCUT2D eigenvalue weighted by atomic mass is 32.1. The predicted molar refractivity (Wildman–Crippen MR) is 76.1 cm³/mol. The van der Waals surface area contributed by atoms with E-state index in [0.717, 1.165) is 31.5 Å². The molecule has 1 aliphatic heterocycles. The molecule has 0 amide bonds. The number of nitrogens with zero attached hydrogens (tertiary/aromatic N) is 2. The monoisotopic (exact) mass is 265 g/mol. The SMILES string of the molecule is Cc1nc(CCN2CC(C3CC3)NCC2C)cs1. The van der Waals surface area contributed by atoms with Crippen LogP contribution in [0.25, 0.3) is 0 Å². The lowest BCUT2D eigenvalue weighted by Gasteiger charge is -2.39. The van der Waals surface area contributed by atoms with Gasteiger partial charge in [0.05, 0.1) is 10.7 Å². The quantitative estimate of drug-likeness (QED) is 0.903. The van der Waals surface area contributed by atoms with Gasteiger partial charge in [-0.25, -0.2) is 4.98 Å². The van der Waals surface area contributed by atoms with Gasteiger partial charge >= 0.3 is 0 Å². The molecule has 3 rings (SSSR count). The molecule has 1 aromatic rings. The number of thiazole rings is 1. The number of nitrogens with one attached hydrogen (secondary N) is 1. The van der Waals surface area contributed by atoms with E-state index in [2.05, 4.69) is 34.4 Å². The number of hydrogen-bond donors (Lipinski definition) is 1. The lowest BCUT2D eigenvalue weighted by atomic mass is 10.1. The zero-order valence-corrected chi connectivity index (χ0v) is 12.2. The normalized spacial score (nSPS) is 29.7. The standard InChI is InChI=1S/C14H23N3S/c1-10-7-15-14(12-3-4-12)8-17(10)6-5-13-9-18-11(2)16-13/h9-10,12,14-15H,3-8H2,1-2H3. The van der Waals surface area contributed by atoms with Crippen molar-refractivity contribution in [3.05, 3.63) is 16.1 Å². The minimum absolute atomic E-state index is 0.666. The summed E-state index contributed by atoms with van der Waals surface area (Å²) in [5.74, 6) is 0.960. The van der Waals surface area contributed by atoms with E-state index in [4.69, 9.17) is 0 Å². The van der Waals surface area contributed by atoms with Crippen LogP contribution in [0.4, 0.5) is 0 Å². The van der Waals surface area contributed by atoms with Crippen molar-refractivity contribution in [1.29, 1.82) is 0 Å². The van der Waals surface area contributed by atoms with Crippen molar-refractivity contribution in [2.24, 2.45) is 5.92 Å². The van der Waals surface area contributed by atoms with Gasteiger partial charge in [-0.15, -0.1) is 11.3 Å². The van der Waals surface area contributed by atoms with Crippen LogP contribution in [0.15, 0.2) is 5.38 Å². The molecule has 3 nitrogen and oxygen atoms in total. The highest BCUT2D eigenvalue weighted by Crippen LogP contribution is 2.34. The first-order chi connectivity index (χ1) is 8.72. The van der Waals surface area contributed by atoms with E-state index >= 15 is 0 Å².